The van der Waals surface area contributed by atoms with Crippen LogP contribution in [0.15, 0.2) is 22.8 Å². The number of likely N-dealkylation sites (tertiary alicyclic amines) is 1. The standard InChI is InChI=1S/C26H43N3O3/c1-21-7-8-24(27-20-21)29(25(31)23-6-5-19-32-23)22-9-15-28(16-10-22)17-13-26(14-18-30)11-3-2-4-12-26/h5-6,19,21-22,24,27,30H,2-4,7-18,20H2,1H3. The van der Waals surface area contributed by atoms with E-state index in [0.29, 0.717) is 23.7 Å². The van der Waals surface area contributed by atoms with E-state index in [9.17, 15) is 9.90 Å². The van der Waals surface area contributed by atoms with Gasteiger partial charge in [0, 0.05) is 25.7 Å². The minimum atomic E-state index is 0.0320. The van der Waals surface area contributed by atoms with E-state index in [2.05, 4.69) is 22.0 Å². The van der Waals surface area contributed by atoms with Crippen LogP contribution < -0.4 is 5.32 Å². The number of aliphatic hydroxyl groups is 1. The summed E-state index contributed by atoms with van der Waals surface area (Å²) in [5, 5.41) is 13.3. The Morgan fingerprint density at radius 2 is 1.97 bits per heavy atom. The van der Waals surface area contributed by atoms with E-state index in [1.165, 1.54) is 38.5 Å². The van der Waals surface area contributed by atoms with Crippen molar-refractivity contribution in [2.45, 2.75) is 89.8 Å². The van der Waals surface area contributed by atoms with Crippen molar-refractivity contribution in [2.24, 2.45) is 11.3 Å². The Morgan fingerprint density at radius 1 is 1.19 bits per heavy atom. The summed E-state index contributed by atoms with van der Waals surface area (Å²) in [7, 11) is 0. The third-order valence-electron chi connectivity index (χ3n) is 8.40. The molecule has 2 atom stereocenters. The van der Waals surface area contributed by atoms with Gasteiger partial charge in [0.15, 0.2) is 5.76 Å². The lowest BCUT2D eigenvalue weighted by Gasteiger charge is -2.45. The highest BCUT2D eigenvalue weighted by atomic mass is 16.3. The number of nitrogens with zero attached hydrogens (tertiary/aromatic N) is 2. The van der Waals surface area contributed by atoms with E-state index in [4.69, 9.17) is 4.42 Å². The van der Waals surface area contributed by atoms with Crippen LogP contribution in [0.4, 0.5) is 0 Å². The molecule has 1 aromatic rings. The Bertz CT molecular complexity index is 680. The lowest BCUT2D eigenvalue weighted by atomic mass is 9.69. The van der Waals surface area contributed by atoms with Gasteiger partial charge in [0.1, 0.15) is 0 Å². The Morgan fingerprint density at radius 3 is 2.59 bits per heavy atom. The van der Waals surface area contributed by atoms with Gasteiger partial charge < -0.3 is 19.3 Å². The Kier molecular flexibility index (Phi) is 8.30. The van der Waals surface area contributed by atoms with Crippen molar-refractivity contribution < 1.29 is 14.3 Å². The van der Waals surface area contributed by atoms with Gasteiger partial charge in [-0.3, -0.25) is 10.1 Å². The second-order valence-corrected chi connectivity index (χ2v) is 10.7. The number of piperidine rings is 2. The zero-order valence-corrected chi connectivity index (χ0v) is 19.9. The predicted octanol–water partition coefficient (Wildman–Crippen LogP) is 4.25. The molecule has 0 bridgehead atoms. The van der Waals surface area contributed by atoms with Gasteiger partial charge in [-0.1, -0.05) is 26.2 Å². The molecule has 6 heteroatoms. The summed E-state index contributed by atoms with van der Waals surface area (Å²) in [5.74, 6) is 1.15. The number of rotatable bonds is 8. The third kappa shape index (κ3) is 5.75. The number of amides is 1. The number of carbonyl (C=O) groups is 1. The number of hydrogen-bond acceptors (Lipinski definition) is 5. The molecule has 2 aliphatic heterocycles. The second-order valence-electron chi connectivity index (χ2n) is 10.7. The maximum absolute atomic E-state index is 13.4. The van der Waals surface area contributed by atoms with Crippen molar-refractivity contribution >= 4 is 5.91 Å². The monoisotopic (exact) mass is 445 g/mol. The number of nitrogens with one attached hydrogen (secondary N) is 1. The van der Waals surface area contributed by atoms with Crippen LogP contribution in [0.3, 0.4) is 0 Å². The van der Waals surface area contributed by atoms with Gasteiger partial charge in [-0.05, 0) is 87.9 Å². The largest absolute Gasteiger partial charge is 0.459 e. The molecule has 2 saturated heterocycles. The van der Waals surface area contributed by atoms with E-state index in [0.717, 1.165) is 58.3 Å². The lowest BCUT2D eigenvalue weighted by molar-refractivity contribution is 0.0241. The van der Waals surface area contributed by atoms with Crippen molar-refractivity contribution in [3.8, 4) is 0 Å². The number of aliphatic hydroxyl groups excluding tert-OH is 1. The fraction of sp³-hybridized carbons (Fsp3) is 0.808. The summed E-state index contributed by atoms with van der Waals surface area (Å²) in [6, 6.07) is 3.86. The van der Waals surface area contributed by atoms with E-state index in [-0.39, 0.29) is 18.1 Å². The average molecular weight is 446 g/mol. The zero-order chi connectivity index (χ0) is 22.4. The van der Waals surface area contributed by atoms with Crippen LogP contribution >= 0.6 is 0 Å². The van der Waals surface area contributed by atoms with Crippen molar-refractivity contribution in [1.29, 1.82) is 0 Å². The molecule has 2 N–H and O–H groups in total. The molecule has 1 amide bonds. The quantitative estimate of drug-likeness (QED) is 0.626. The summed E-state index contributed by atoms with van der Waals surface area (Å²) < 4.78 is 5.49. The summed E-state index contributed by atoms with van der Waals surface area (Å²) in [6.45, 7) is 6.78. The van der Waals surface area contributed by atoms with Crippen LogP contribution in [-0.4, -0.2) is 65.8 Å². The molecule has 1 aromatic heterocycles. The van der Waals surface area contributed by atoms with Gasteiger partial charge in [0.25, 0.3) is 5.91 Å². The molecule has 3 heterocycles. The normalized spacial score (nSPS) is 27.3. The highest BCUT2D eigenvalue weighted by Gasteiger charge is 2.37. The number of hydrogen-bond donors (Lipinski definition) is 2. The molecule has 0 radical (unpaired) electrons. The van der Waals surface area contributed by atoms with Crippen LogP contribution in [0.5, 0.6) is 0 Å². The third-order valence-corrected chi connectivity index (χ3v) is 8.40. The minimum absolute atomic E-state index is 0.0320. The van der Waals surface area contributed by atoms with E-state index in [1.807, 2.05) is 0 Å². The Balaban J connectivity index is 1.35. The van der Waals surface area contributed by atoms with Gasteiger partial charge in [0.2, 0.25) is 0 Å². The maximum atomic E-state index is 13.4. The molecular formula is C26H43N3O3. The Hall–Kier alpha value is -1.37. The summed E-state index contributed by atoms with van der Waals surface area (Å²) in [4.78, 5) is 18.1. The van der Waals surface area contributed by atoms with Crippen molar-refractivity contribution in [3.05, 3.63) is 24.2 Å². The van der Waals surface area contributed by atoms with E-state index >= 15 is 0 Å². The topological polar surface area (TPSA) is 69.0 Å². The van der Waals surface area contributed by atoms with E-state index in [1.54, 1.807) is 18.4 Å². The fourth-order valence-corrected chi connectivity index (χ4v) is 6.29. The first-order valence-corrected chi connectivity index (χ1v) is 13.0. The SMILES string of the molecule is CC1CCC(N(C(=O)c2ccco2)C2CCN(CCC3(CCO)CCCCC3)CC2)NC1. The first-order valence-electron chi connectivity index (χ1n) is 13.0. The summed E-state index contributed by atoms with van der Waals surface area (Å²) >= 11 is 0. The molecule has 0 spiro atoms. The Labute approximate surface area is 193 Å². The number of furan rings is 1. The molecular weight excluding hydrogens is 402 g/mol. The smallest absolute Gasteiger partial charge is 0.291 e. The number of carbonyl (C=O) groups excluding carboxylic acids is 1. The molecule has 6 nitrogen and oxygen atoms in total. The van der Waals surface area contributed by atoms with Gasteiger partial charge in [-0.2, -0.15) is 0 Å². The maximum Gasteiger partial charge on any atom is 0.291 e. The lowest BCUT2D eigenvalue weighted by Crippen LogP contribution is -2.58. The molecule has 180 valence electrons. The van der Waals surface area contributed by atoms with Crippen molar-refractivity contribution in [1.82, 2.24) is 15.1 Å². The fourth-order valence-electron chi connectivity index (χ4n) is 6.29. The molecule has 32 heavy (non-hydrogen) atoms. The van der Waals surface area contributed by atoms with Gasteiger partial charge >= 0.3 is 0 Å². The van der Waals surface area contributed by atoms with Crippen molar-refractivity contribution in [3.63, 3.8) is 0 Å². The molecule has 2 unspecified atom stereocenters. The summed E-state index contributed by atoms with van der Waals surface area (Å²) in [6.07, 6.45) is 14.6. The molecule has 4 rings (SSSR count). The second kappa shape index (κ2) is 11.2. The van der Waals surface area contributed by atoms with Gasteiger partial charge in [0.05, 0.1) is 12.4 Å². The molecule has 1 saturated carbocycles. The van der Waals surface area contributed by atoms with Crippen LogP contribution in [-0.2, 0) is 0 Å². The highest BCUT2D eigenvalue weighted by Crippen LogP contribution is 2.42. The first-order chi connectivity index (χ1) is 15.6. The predicted molar refractivity (Wildman–Crippen MR) is 126 cm³/mol. The molecule has 0 aromatic carbocycles. The van der Waals surface area contributed by atoms with Crippen LogP contribution in [0.25, 0.3) is 0 Å². The van der Waals surface area contributed by atoms with Crippen molar-refractivity contribution in [2.75, 3.05) is 32.8 Å². The van der Waals surface area contributed by atoms with Gasteiger partial charge in [-0.15, -0.1) is 0 Å². The van der Waals surface area contributed by atoms with Crippen LogP contribution in [0.1, 0.15) is 88.1 Å². The average Bonchev–Trinajstić information content (AvgIpc) is 3.36. The first kappa shape index (κ1) is 23.8. The minimum Gasteiger partial charge on any atom is -0.459 e. The van der Waals surface area contributed by atoms with Gasteiger partial charge in [-0.25, -0.2) is 0 Å². The highest BCUT2D eigenvalue weighted by molar-refractivity contribution is 5.91. The summed E-state index contributed by atoms with van der Waals surface area (Å²) in [5.41, 5.74) is 0.355. The van der Waals surface area contributed by atoms with E-state index < -0.39 is 0 Å². The molecule has 3 aliphatic rings. The van der Waals surface area contributed by atoms with Crippen LogP contribution in [0.2, 0.25) is 0 Å². The molecule has 1 aliphatic carbocycles. The van der Waals surface area contributed by atoms with Crippen LogP contribution in [0, 0.1) is 11.3 Å². The molecule has 3 fully saturated rings. The zero-order valence-electron chi connectivity index (χ0n) is 19.9.